The Balaban J connectivity index is 1.81. The molecular weight excluding hydrogens is 344 g/mol. The molecule has 6 heteroatoms. The van der Waals surface area contributed by atoms with Gasteiger partial charge in [0.25, 0.3) is 0 Å². The zero-order valence-corrected chi connectivity index (χ0v) is 12.6. The molecule has 2 aromatic carbocycles. The van der Waals surface area contributed by atoms with E-state index in [1.54, 1.807) is 24.3 Å². The summed E-state index contributed by atoms with van der Waals surface area (Å²) in [6.07, 6.45) is 0. The highest BCUT2D eigenvalue weighted by molar-refractivity contribution is 9.10. The molecular formula is C14H10BrClN2O2. The second kappa shape index (κ2) is 5.34. The summed E-state index contributed by atoms with van der Waals surface area (Å²) in [4.78, 5) is 4.32. The number of halogens is 2. The average Bonchev–Trinajstić information content (AvgIpc) is 2.82. The molecule has 20 heavy (non-hydrogen) atoms. The highest BCUT2D eigenvalue weighted by atomic mass is 79.9. The van der Waals surface area contributed by atoms with Crippen molar-refractivity contribution in [3.8, 4) is 5.75 Å². The number of nitrogens with two attached hydrogens (primary N) is 1. The number of para-hydroxylation sites is 1. The third-order valence-electron chi connectivity index (χ3n) is 2.74. The number of ether oxygens (including phenoxy) is 1. The fraction of sp³-hybridized carbons (Fsp3) is 0.0714. The standard InChI is InChI=1S/C14H10BrClN2O2/c15-9-6-8(16)4-5-11(9)19-7-13-18-14-10(17)2-1-3-12(14)20-13/h1-6H,7,17H2. The van der Waals surface area contributed by atoms with E-state index in [2.05, 4.69) is 20.9 Å². The van der Waals surface area contributed by atoms with Gasteiger partial charge in [0.1, 0.15) is 11.3 Å². The second-order valence-electron chi connectivity index (χ2n) is 4.17. The zero-order chi connectivity index (χ0) is 14.1. The van der Waals surface area contributed by atoms with Crippen molar-refractivity contribution in [1.29, 1.82) is 0 Å². The summed E-state index contributed by atoms with van der Waals surface area (Å²) in [6, 6.07) is 10.7. The van der Waals surface area contributed by atoms with E-state index < -0.39 is 0 Å². The van der Waals surface area contributed by atoms with Gasteiger partial charge in [-0.15, -0.1) is 0 Å². The molecule has 0 saturated heterocycles. The van der Waals surface area contributed by atoms with Crippen molar-refractivity contribution >= 4 is 44.3 Å². The molecule has 0 atom stereocenters. The molecule has 4 nitrogen and oxygen atoms in total. The Morgan fingerprint density at radius 3 is 2.90 bits per heavy atom. The molecule has 0 aliphatic rings. The van der Waals surface area contributed by atoms with E-state index in [9.17, 15) is 0 Å². The van der Waals surface area contributed by atoms with E-state index in [0.717, 1.165) is 4.47 Å². The minimum atomic E-state index is 0.217. The van der Waals surface area contributed by atoms with Gasteiger partial charge < -0.3 is 14.9 Å². The average molecular weight is 354 g/mol. The van der Waals surface area contributed by atoms with Crippen LogP contribution in [0.5, 0.6) is 5.75 Å². The Bertz CT molecular complexity index is 773. The minimum absolute atomic E-state index is 0.217. The number of hydrogen-bond donors (Lipinski definition) is 1. The summed E-state index contributed by atoms with van der Waals surface area (Å²) in [7, 11) is 0. The Morgan fingerprint density at radius 2 is 2.15 bits per heavy atom. The number of rotatable bonds is 3. The van der Waals surface area contributed by atoms with Gasteiger partial charge in [0.05, 0.1) is 10.2 Å². The third kappa shape index (κ3) is 2.59. The van der Waals surface area contributed by atoms with Crippen molar-refractivity contribution in [1.82, 2.24) is 4.98 Å². The number of nitrogen functional groups attached to an aromatic ring is 1. The van der Waals surface area contributed by atoms with Gasteiger partial charge in [-0.05, 0) is 46.3 Å². The van der Waals surface area contributed by atoms with Crippen LogP contribution in [0.4, 0.5) is 5.69 Å². The van der Waals surface area contributed by atoms with Crippen LogP contribution in [0.1, 0.15) is 5.89 Å². The SMILES string of the molecule is Nc1cccc2oc(COc3ccc(Cl)cc3Br)nc12. The fourth-order valence-corrected chi connectivity index (χ4v) is 2.61. The number of benzene rings is 2. The van der Waals surface area contributed by atoms with Crippen molar-refractivity contribution in [2.24, 2.45) is 0 Å². The van der Waals surface area contributed by atoms with Crippen LogP contribution in [0.25, 0.3) is 11.1 Å². The third-order valence-corrected chi connectivity index (χ3v) is 3.59. The lowest BCUT2D eigenvalue weighted by atomic mass is 10.3. The van der Waals surface area contributed by atoms with Gasteiger partial charge >= 0.3 is 0 Å². The molecule has 0 radical (unpaired) electrons. The first-order valence-electron chi connectivity index (χ1n) is 5.85. The minimum Gasteiger partial charge on any atom is -0.483 e. The predicted octanol–water partition coefficient (Wildman–Crippen LogP) is 4.40. The quantitative estimate of drug-likeness (QED) is 0.709. The lowest BCUT2D eigenvalue weighted by Gasteiger charge is -2.05. The number of oxazole rings is 1. The maximum absolute atomic E-state index is 5.87. The molecule has 2 N–H and O–H groups in total. The number of anilines is 1. The van der Waals surface area contributed by atoms with Gasteiger partial charge in [0.2, 0.25) is 5.89 Å². The van der Waals surface area contributed by atoms with E-state index in [1.807, 2.05) is 12.1 Å². The first-order valence-corrected chi connectivity index (χ1v) is 7.02. The van der Waals surface area contributed by atoms with E-state index in [-0.39, 0.29) is 6.61 Å². The number of hydrogen-bond acceptors (Lipinski definition) is 4. The van der Waals surface area contributed by atoms with Crippen molar-refractivity contribution in [2.75, 3.05) is 5.73 Å². The topological polar surface area (TPSA) is 61.3 Å². The van der Waals surface area contributed by atoms with Gasteiger partial charge in [-0.2, -0.15) is 0 Å². The van der Waals surface area contributed by atoms with Crippen molar-refractivity contribution in [3.63, 3.8) is 0 Å². The zero-order valence-electron chi connectivity index (χ0n) is 10.3. The molecule has 102 valence electrons. The van der Waals surface area contributed by atoms with Crippen LogP contribution in [0.2, 0.25) is 5.02 Å². The summed E-state index contributed by atoms with van der Waals surface area (Å²) in [5.74, 6) is 1.14. The molecule has 0 amide bonds. The number of nitrogens with zero attached hydrogens (tertiary/aromatic N) is 1. The molecule has 0 saturated carbocycles. The van der Waals surface area contributed by atoms with Crippen molar-refractivity contribution in [2.45, 2.75) is 6.61 Å². The summed E-state index contributed by atoms with van der Waals surface area (Å²) in [6.45, 7) is 0.217. The predicted molar refractivity (Wildman–Crippen MR) is 81.9 cm³/mol. The van der Waals surface area contributed by atoms with Crippen LogP contribution in [0.3, 0.4) is 0 Å². The summed E-state index contributed by atoms with van der Waals surface area (Å²) < 4.78 is 12.0. The number of aromatic nitrogens is 1. The van der Waals surface area contributed by atoms with Crippen molar-refractivity contribution in [3.05, 3.63) is 51.8 Å². The molecule has 0 bridgehead atoms. The summed E-state index contributed by atoms with van der Waals surface area (Å²) in [5.41, 5.74) is 7.73. The normalized spacial score (nSPS) is 10.9. The fourth-order valence-electron chi connectivity index (χ4n) is 1.81. The molecule has 0 unspecified atom stereocenters. The largest absolute Gasteiger partial charge is 0.483 e. The molecule has 3 aromatic rings. The highest BCUT2D eigenvalue weighted by Gasteiger charge is 2.09. The maximum atomic E-state index is 5.87. The molecule has 3 rings (SSSR count). The van der Waals surface area contributed by atoms with Gasteiger partial charge in [-0.3, -0.25) is 0 Å². The van der Waals surface area contributed by atoms with Gasteiger partial charge in [0.15, 0.2) is 12.2 Å². The Kier molecular flexibility index (Phi) is 3.54. The monoisotopic (exact) mass is 352 g/mol. The highest BCUT2D eigenvalue weighted by Crippen LogP contribution is 2.29. The van der Waals surface area contributed by atoms with Gasteiger partial charge in [-0.25, -0.2) is 4.98 Å². The van der Waals surface area contributed by atoms with Crippen molar-refractivity contribution < 1.29 is 9.15 Å². The lowest BCUT2D eigenvalue weighted by Crippen LogP contribution is -1.96. The molecule has 0 aliphatic heterocycles. The van der Waals surface area contributed by atoms with E-state index in [1.165, 1.54) is 0 Å². The molecule has 0 spiro atoms. The first kappa shape index (κ1) is 13.3. The maximum Gasteiger partial charge on any atom is 0.233 e. The summed E-state index contributed by atoms with van der Waals surface area (Å²) in [5, 5.41) is 0.638. The smallest absolute Gasteiger partial charge is 0.233 e. The van der Waals surface area contributed by atoms with Crippen LogP contribution in [0, 0.1) is 0 Å². The number of fused-ring (bicyclic) bond motifs is 1. The van der Waals surface area contributed by atoms with Gasteiger partial charge in [0, 0.05) is 5.02 Å². The Hall–Kier alpha value is -1.72. The Morgan fingerprint density at radius 1 is 1.30 bits per heavy atom. The molecule has 1 heterocycles. The van der Waals surface area contributed by atoms with Crippen LogP contribution in [0.15, 0.2) is 45.3 Å². The van der Waals surface area contributed by atoms with E-state index in [4.69, 9.17) is 26.5 Å². The van der Waals surface area contributed by atoms with Gasteiger partial charge in [-0.1, -0.05) is 17.7 Å². The lowest BCUT2D eigenvalue weighted by molar-refractivity contribution is 0.265. The first-order chi connectivity index (χ1) is 9.63. The summed E-state index contributed by atoms with van der Waals surface area (Å²) >= 11 is 9.26. The molecule has 1 aromatic heterocycles. The second-order valence-corrected chi connectivity index (χ2v) is 5.46. The van der Waals surface area contributed by atoms with E-state index in [0.29, 0.717) is 33.4 Å². The van der Waals surface area contributed by atoms with Crippen LogP contribution < -0.4 is 10.5 Å². The van der Waals surface area contributed by atoms with E-state index >= 15 is 0 Å². The Labute approximate surface area is 128 Å². The van der Waals surface area contributed by atoms with Crippen LogP contribution >= 0.6 is 27.5 Å². The van der Waals surface area contributed by atoms with Crippen LogP contribution in [-0.2, 0) is 6.61 Å². The molecule has 0 aliphatic carbocycles. The molecule has 0 fully saturated rings. The van der Waals surface area contributed by atoms with Crippen LogP contribution in [-0.4, -0.2) is 4.98 Å².